The highest BCUT2D eigenvalue weighted by atomic mass is 35.5. The molecule has 0 fully saturated rings. The van der Waals surface area contributed by atoms with Gasteiger partial charge < -0.3 is 10.1 Å². The molecule has 1 amide bonds. The summed E-state index contributed by atoms with van der Waals surface area (Å²) in [4.78, 5) is 22.1. The Kier molecular flexibility index (Phi) is 6.70. The largest absolute Gasteiger partial charge is 0.497 e. The van der Waals surface area contributed by atoms with Crippen molar-refractivity contribution in [3.05, 3.63) is 89.1 Å². The number of hydrogen-bond donors (Lipinski definition) is 1. The molecule has 5 nitrogen and oxygen atoms in total. The van der Waals surface area contributed by atoms with Gasteiger partial charge in [-0.15, -0.1) is 0 Å². The molecular weight excluding hydrogens is 430 g/mol. The van der Waals surface area contributed by atoms with Crippen molar-refractivity contribution in [3.8, 4) is 5.75 Å². The molecule has 1 aromatic heterocycles. The average molecular weight is 450 g/mol. The van der Waals surface area contributed by atoms with Gasteiger partial charge in [0.1, 0.15) is 10.8 Å². The number of hydrogen-bond acceptors (Lipinski definition) is 5. The van der Waals surface area contributed by atoms with E-state index in [-0.39, 0.29) is 11.7 Å². The Balaban J connectivity index is 1.52. The van der Waals surface area contributed by atoms with Crippen LogP contribution in [0.1, 0.15) is 11.3 Å². The topological polar surface area (TPSA) is 64.1 Å². The van der Waals surface area contributed by atoms with Gasteiger partial charge in [0.05, 0.1) is 29.6 Å². The van der Waals surface area contributed by atoms with Gasteiger partial charge in [0.2, 0.25) is 5.91 Å². The second-order valence-corrected chi connectivity index (χ2v) is 8.23. The quantitative estimate of drug-likeness (QED) is 0.371. The lowest BCUT2D eigenvalue weighted by Gasteiger charge is -2.10. The number of benzene rings is 3. The maximum Gasteiger partial charge on any atom is 0.234 e. The molecule has 0 atom stereocenters. The van der Waals surface area contributed by atoms with Crippen molar-refractivity contribution < 1.29 is 9.53 Å². The molecule has 0 saturated carbocycles. The standard InChI is InChI=1S/C24H20ClN3O2S/c1-30-19-12-10-18(11-13-19)26-23(29)15-31-24-22(14-16-6-8-17(25)9-7-16)27-20-4-2-3-5-21(20)28-24/h2-13H,14-15H2,1H3,(H,26,29). The summed E-state index contributed by atoms with van der Waals surface area (Å²) < 4.78 is 5.14. The van der Waals surface area contributed by atoms with Crippen LogP contribution >= 0.6 is 23.4 Å². The maximum absolute atomic E-state index is 12.5. The molecule has 0 aliphatic carbocycles. The van der Waals surface area contributed by atoms with E-state index in [1.54, 1.807) is 7.11 Å². The van der Waals surface area contributed by atoms with Gasteiger partial charge in [-0.2, -0.15) is 0 Å². The van der Waals surface area contributed by atoms with Gasteiger partial charge in [-0.1, -0.05) is 47.6 Å². The number of methoxy groups -OCH3 is 1. The molecule has 4 aromatic rings. The van der Waals surface area contributed by atoms with Crippen LogP contribution in [-0.4, -0.2) is 28.7 Å². The van der Waals surface area contributed by atoms with E-state index in [0.717, 1.165) is 38.8 Å². The molecule has 156 valence electrons. The number of amides is 1. The Bertz CT molecular complexity index is 1200. The molecule has 4 rings (SSSR count). The molecule has 0 saturated heterocycles. The van der Waals surface area contributed by atoms with Crippen LogP contribution in [0.15, 0.2) is 77.8 Å². The molecule has 0 aliphatic heterocycles. The number of nitrogens with one attached hydrogen (secondary N) is 1. The number of nitrogens with zero attached hydrogens (tertiary/aromatic N) is 2. The molecule has 0 bridgehead atoms. The van der Waals surface area contributed by atoms with Crippen molar-refractivity contribution in [3.63, 3.8) is 0 Å². The molecule has 0 aliphatic rings. The first kappa shape index (κ1) is 21.2. The van der Waals surface area contributed by atoms with Gasteiger partial charge >= 0.3 is 0 Å². The van der Waals surface area contributed by atoms with Crippen LogP contribution in [-0.2, 0) is 11.2 Å². The van der Waals surface area contributed by atoms with Gasteiger partial charge in [0.25, 0.3) is 0 Å². The van der Waals surface area contributed by atoms with Crippen molar-refractivity contribution in [1.29, 1.82) is 0 Å². The zero-order valence-electron chi connectivity index (χ0n) is 16.8. The fraction of sp³-hybridized carbons (Fsp3) is 0.125. The first-order chi connectivity index (χ1) is 15.1. The van der Waals surface area contributed by atoms with Gasteiger partial charge in [-0.3, -0.25) is 4.79 Å². The highest BCUT2D eigenvalue weighted by molar-refractivity contribution is 8.00. The first-order valence-corrected chi connectivity index (χ1v) is 11.0. The van der Waals surface area contributed by atoms with Crippen LogP contribution in [0.25, 0.3) is 11.0 Å². The summed E-state index contributed by atoms with van der Waals surface area (Å²) in [6.07, 6.45) is 0.609. The molecule has 3 aromatic carbocycles. The molecule has 31 heavy (non-hydrogen) atoms. The van der Waals surface area contributed by atoms with Crippen LogP contribution in [0.4, 0.5) is 5.69 Å². The van der Waals surface area contributed by atoms with Crippen LogP contribution < -0.4 is 10.1 Å². The Labute approximate surface area is 189 Å². The predicted octanol–water partition coefficient (Wildman–Crippen LogP) is 5.61. The van der Waals surface area contributed by atoms with Crippen molar-refractivity contribution in [2.75, 3.05) is 18.2 Å². The molecule has 0 unspecified atom stereocenters. The Morgan fingerprint density at radius 1 is 0.968 bits per heavy atom. The fourth-order valence-corrected chi connectivity index (χ4v) is 3.97. The van der Waals surface area contributed by atoms with E-state index in [1.807, 2.05) is 72.8 Å². The number of carbonyl (C=O) groups is 1. The summed E-state index contributed by atoms with van der Waals surface area (Å²) in [7, 11) is 1.61. The highest BCUT2D eigenvalue weighted by Crippen LogP contribution is 2.25. The van der Waals surface area contributed by atoms with Crippen molar-refractivity contribution >= 4 is 46.0 Å². The van der Waals surface area contributed by atoms with Crippen LogP contribution in [0, 0.1) is 0 Å². The zero-order chi connectivity index (χ0) is 21.6. The molecule has 0 spiro atoms. The number of carbonyl (C=O) groups excluding carboxylic acids is 1. The van der Waals surface area contributed by atoms with E-state index in [2.05, 4.69) is 5.32 Å². The maximum atomic E-state index is 12.5. The number of ether oxygens (including phenoxy) is 1. The number of thioether (sulfide) groups is 1. The van der Waals surface area contributed by atoms with Gasteiger partial charge in [0.15, 0.2) is 0 Å². The third kappa shape index (κ3) is 5.54. The SMILES string of the molecule is COc1ccc(NC(=O)CSc2nc3ccccc3nc2Cc2ccc(Cl)cc2)cc1. The fourth-order valence-electron chi connectivity index (χ4n) is 3.05. The van der Waals surface area contributed by atoms with E-state index >= 15 is 0 Å². The van der Waals surface area contributed by atoms with Gasteiger partial charge in [-0.25, -0.2) is 9.97 Å². The molecule has 7 heteroatoms. The number of para-hydroxylation sites is 2. The summed E-state index contributed by atoms with van der Waals surface area (Å²) in [5.41, 5.74) is 4.28. The summed E-state index contributed by atoms with van der Waals surface area (Å²) in [5, 5.41) is 4.34. The van der Waals surface area contributed by atoms with Crippen molar-refractivity contribution in [2.24, 2.45) is 0 Å². The lowest BCUT2D eigenvalue weighted by molar-refractivity contribution is -0.113. The van der Waals surface area contributed by atoms with Crippen molar-refractivity contribution in [1.82, 2.24) is 9.97 Å². The smallest absolute Gasteiger partial charge is 0.234 e. The minimum atomic E-state index is -0.109. The number of rotatable bonds is 7. The van der Waals surface area contributed by atoms with E-state index in [9.17, 15) is 4.79 Å². The molecular formula is C24H20ClN3O2S. The summed E-state index contributed by atoms with van der Waals surface area (Å²) in [6, 6.07) is 22.7. The Hall–Kier alpha value is -3.09. The predicted molar refractivity (Wildman–Crippen MR) is 126 cm³/mol. The highest BCUT2D eigenvalue weighted by Gasteiger charge is 2.13. The van der Waals surface area contributed by atoms with E-state index < -0.39 is 0 Å². The summed E-state index contributed by atoms with van der Waals surface area (Å²) >= 11 is 7.39. The van der Waals surface area contributed by atoms with E-state index in [1.165, 1.54) is 11.8 Å². The summed E-state index contributed by atoms with van der Waals surface area (Å²) in [5.74, 6) is 0.861. The number of aromatic nitrogens is 2. The minimum Gasteiger partial charge on any atom is -0.497 e. The molecule has 1 heterocycles. The zero-order valence-corrected chi connectivity index (χ0v) is 18.4. The molecule has 1 N–H and O–H groups in total. The minimum absolute atomic E-state index is 0.109. The third-order valence-corrected chi connectivity index (χ3v) is 5.86. The van der Waals surface area contributed by atoms with Gasteiger partial charge in [-0.05, 0) is 54.1 Å². The van der Waals surface area contributed by atoms with Crippen LogP contribution in [0.3, 0.4) is 0 Å². The van der Waals surface area contributed by atoms with Gasteiger partial charge in [0, 0.05) is 17.1 Å². The van der Waals surface area contributed by atoms with E-state index in [4.69, 9.17) is 26.3 Å². The van der Waals surface area contributed by atoms with Crippen LogP contribution in [0.2, 0.25) is 5.02 Å². The molecule has 0 radical (unpaired) electrons. The van der Waals surface area contributed by atoms with Crippen molar-refractivity contribution in [2.45, 2.75) is 11.4 Å². The monoisotopic (exact) mass is 449 g/mol. The average Bonchev–Trinajstić information content (AvgIpc) is 2.79. The second kappa shape index (κ2) is 9.81. The normalized spacial score (nSPS) is 10.8. The second-order valence-electron chi connectivity index (χ2n) is 6.83. The number of fused-ring (bicyclic) bond motifs is 1. The Morgan fingerprint density at radius 3 is 2.32 bits per heavy atom. The first-order valence-electron chi connectivity index (χ1n) is 9.67. The third-order valence-electron chi connectivity index (χ3n) is 4.60. The number of anilines is 1. The lowest BCUT2D eigenvalue weighted by atomic mass is 10.1. The summed E-state index contributed by atoms with van der Waals surface area (Å²) in [6.45, 7) is 0. The van der Waals surface area contributed by atoms with E-state index in [0.29, 0.717) is 11.4 Å². The lowest BCUT2D eigenvalue weighted by Crippen LogP contribution is -2.14. The number of halogens is 1. The Morgan fingerprint density at radius 2 is 1.65 bits per heavy atom. The van der Waals surface area contributed by atoms with Crippen LogP contribution in [0.5, 0.6) is 5.75 Å².